The van der Waals surface area contributed by atoms with E-state index in [9.17, 15) is 5.11 Å². The summed E-state index contributed by atoms with van der Waals surface area (Å²) in [5.41, 5.74) is 2.09. The minimum atomic E-state index is -0.00851. The molecule has 0 radical (unpaired) electrons. The summed E-state index contributed by atoms with van der Waals surface area (Å²) in [5.74, 6) is 0. The van der Waals surface area contributed by atoms with Crippen molar-refractivity contribution in [1.82, 2.24) is 10.2 Å². The maximum absolute atomic E-state index is 9.70. The van der Waals surface area contributed by atoms with Gasteiger partial charge in [0.05, 0.1) is 12.6 Å². The van der Waals surface area contributed by atoms with Crippen molar-refractivity contribution in [3.63, 3.8) is 0 Å². The smallest absolute Gasteiger partial charge is 0.0629 e. The quantitative estimate of drug-likeness (QED) is 0.887. The summed E-state index contributed by atoms with van der Waals surface area (Å²) in [5, 5.41) is 13.8. The van der Waals surface area contributed by atoms with Crippen LogP contribution in [0, 0.1) is 0 Å². The third kappa shape index (κ3) is 3.99. The first kappa shape index (κ1) is 17.5. The van der Waals surface area contributed by atoms with Crippen molar-refractivity contribution in [1.29, 1.82) is 0 Å². The van der Waals surface area contributed by atoms with E-state index in [-0.39, 0.29) is 25.1 Å². The Kier molecular flexibility index (Phi) is 7.06. The second-order valence-corrected chi connectivity index (χ2v) is 5.49. The van der Waals surface area contributed by atoms with Gasteiger partial charge >= 0.3 is 0 Å². The van der Waals surface area contributed by atoms with E-state index < -0.39 is 0 Å². The number of hydrogen-bond donors (Lipinski definition) is 2. The minimum Gasteiger partial charge on any atom is -0.394 e. The highest BCUT2D eigenvalue weighted by atomic mass is 35.5. The van der Waals surface area contributed by atoms with E-state index in [1.807, 2.05) is 37.2 Å². The van der Waals surface area contributed by atoms with E-state index in [0.717, 1.165) is 42.5 Å². The van der Waals surface area contributed by atoms with Crippen molar-refractivity contribution >= 4 is 29.7 Å². The van der Waals surface area contributed by atoms with Gasteiger partial charge in [-0.1, -0.05) is 17.7 Å². The lowest BCUT2D eigenvalue weighted by atomic mass is 10.0. The molecule has 1 atom stereocenters. The van der Waals surface area contributed by atoms with Crippen LogP contribution in [0.2, 0.25) is 5.02 Å². The number of benzene rings is 1. The molecular formula is C14H23Cl2N3O. The second kappa shape index (κ2) is 8.05. The highest BCUT2D eigenvalue weighted by molar-refractivity contribution is 6.31. The van der Waals surface area contributed by atoms with Crippen molar-refractivity contribution < 1.29 is 5.11 Å². The SMILES string of the molecule is CN(C)c1ccc([C@@H](CO)N2CCNCC2)c(Cl)c1.Cl. The number of anilines is 1. The number of hydrogen-bond acceptors (Lipinski definition) is 4. The fourth-order valence-corrected chi connectivity index (χ4v) is 2.77. The van der Waals surface area contributed by atoms with Crippen molar-refractivity contribution in [2.24, 2.45) is 0 Å². The van der Waals surface area contributed by atoms with Crippen LogP contribution < -0.4 is 10.2 Å². The second-order valence-electron chi connectivity index (χ2n) is 5.08. The maximum atomic E-state index is 9.70. The summed E-state index contributed by atoms with van der Waals surface area (Å²) in [6.07, 6.45) is 0. The molecule has 1 aliphatic rings. The summed E-state index contributed by atoms with van der Waals surface area (Å²) in [6.45, 7) is 3.91. The summed E-state index contributed by atoms with van der Waals surface area (Å²) < 4.78 is 0. The monoisotopic (exact) mass is 319 g/mol. The number of nitrogens with zero attached hydrogens (tertiary/aromatic N) is 2. The minimum absolute atomic E-state index is 0. The van der Waals surface area contributed by atoms with Crippen LogP contribution in [0.25, 0.3) is 0 Å². The fourth-order valence-electron chi connectivity index (χ4n) is 2.47. The first-order chi connectivity index (χ1) is 9.13. The molecule has 1 heterocycles. The zero-order chi connectivity index (χ0) is 13.8. The average Bonchev–Trinajstić information content (AvgIpc) is 2.42. The lowest BCUT2D eigenvalue weighted by molar-refractivity contribution is 0.111. The third-order valence-corrected chi connectivity index (χ3v) is 3.95. The number of rotatable bonds is 4. The van der Waals surface area contributed by atoms with E-state index in [1.54, 1.807) is 0 Å². The molecule has 6 heteroatoms. The molecule has 4 nitrogen and oxygen atoms in total. The van der Waals surface area contributed by atoms with Crippen molar-refractivity contribution in [2.75, 3.05) is 51.8 Å². The molecule has 2 N–H and O–H groups in total. The topological polar surface area (TPSA) is 38.7 Å². The van der Waals surface area contributed by atoms with Gasteiger partial charge in [0.2, 0.25) is 0 Å². The molecule has 2 rings (SSSR count). The molecule has 0 amide bonds. The van der Waals surface area contributed by atoms with Gasteiger partial charge in [0.1, 0.15) is 0 Å². The maximum Gasteiger partial charge on any atom is 0.0629 e. The summed E-state index contributed by atoms with van der Waals surface area (Å²) in [4.78, 5) is 4.31. The Bertz CT molecular complexity index is 423. The van der Waals surface area contributed by atoms with Gasteiger partial charge in [-0.2, -0.15) is 0 Å². The number of nitrogens with one attached hydrogen (secondary N) is 1. The lowest BCUT2D eigenvalue weighted by Crippen LogP contribution is -2.46. The number of aliphatic hydroxyl groups excluding tert-OH is 1. The van der Waals surface area contributed by atoms with Gasteiger partial charge in [0, 0.05) is 51.0 Å². The molecule has 0 spiro atoms. The van der Waals surface area contributed by atoms with Crippen molar-refractivity contribution in [3.8, 4) is 0 Å². The number of aliphatic hydroxyl groups is 1. The van der Waals surface area contributed by atoms with Gasteiger partial charge in [-0.3, -0.25) is 4.90 Å². The molecule has 20 heavy (non-hydrogen) atoms. The molecule has 1 aromatic rings. The molecule has 114 valence electrons. The molecule has 1 aromatic carbocycles. The van der Waals surface area contributed by atoms with Gasteiger partial charge in [-0.25, -0.2) is 0 Å². The molecule has 0 aliphatic carbocycles. The van der Waals surface area contributed by atoms with Crippen LogP contribution >= 0.6 is 24.0 Å². The van der Waals surface area contributed by atoms with Crippen LogP contribution in [0.4, 0.5) is 5.69 Å². The Morgan fingerprint density at radius 3 is 2.50 bits per heavy atom. The third-order valence-electron chi connectivity index (χ3n) is 3.62. The zero-order valence-electron chi connectivity index (χ0n) is 12.0. The first-order valence-electron chi connectivity index (χ1n) is 6.66. The van der Waals surface area contributed by atoms with E-state index in [0.29, 0.717) is 0 Å². The molecule has 0 bridgehead atoms. The lowest BCUT2D eigenvalue weighted by Gasteiger charge is -2.34. The first-order valence-corrected chi connectivity index (χ1v) is 7.03. The largest absolute Gasteiger partial charge is 0.394 e. The predicted octanol–water partition coefficient (Wildman–Crippen LogP) is 1.77. The standard InChI is InChI=1S/C14H22ClN3O.ClH/c1-17(2)11-3-4-12(13(15)9-11)14(10-19)18-7-5-16-6-8-18;/h3-4,9,14,16,19H,5-8,10H2,1-2H3;1H/t14-;/m1./s1. The Hall–Kier alpha value is -0.520. The summed E-state index contributed by atoms with van der Waals surface area (Å²) in [7, 11) is 3.98. The highest BCUT2D eigenvalue weighted by Crippen LogP contribution is 2.30. The Balaban J connectivity index is 0.00000200. The van der Waals surface area contributed by atoms with E-state index in [2.05, 4.69) is 10.2 Å². The molecule has 1 aliphatic heterocycles. The van der Waals surface area contributed by atoms with E-state index in [1.165, 1.54) is 0 Å². The Labute approximate surface area is 132 Å². The van der Waals surface area contributed by atoms with E-state index in [4.69, 9.17) is 11.6 Å². The van der Waals surface area contributed by atoms with Crippen LogP contribution in [0.15, 0.2) is 18.2 Å². The Morgan fingerprint density at radius 1 is 1.35 bits per heavy atom. The molecular weight excluding hydrogens is 297 g/mol. The van der Waals surface area contributed by atoms with Crippen LogP contribution in [0.5, 0.6) is 0 Å². The summed E-state index contributed by atoms with van der Waals surface area (Å²) >= 11 is 6.39. The van der Waals surface area contributed by atoms with Crippen LogP contribution in [0.3, 0.4) is 0 Å². The van der Waals surface area contributed by atoms with Gasteiger partial charge in [-0.15, -0.1) is 12.4 Å². The molecule has 1 saturated heterocycles. The van der Waals surface area contributed by atoms with Gasteiger partial charge in [-0.05, 0) is 17.7 Å². The summed E-state index contributed by atoms with van der Waals surface area (Å²) in [6, 6.07) is 6.03. The van der Waals surface area contributed by atoms with Crippen LogP contribution in [0.1, 0.15) is 11.6 Å². The van der Waals surface area contributed by atoms with E-state index >= 15 is 0 Å². The van der Waals surface area contributed by atoms with Crippen LogP contribution in [-0.4, -0.2) is 56.9 Å². The normalized spacial score (nSPS) is 17.4. The van der Waals surface area contributed by atoms with Crippen molar-refractivity contribution in [2.45, 2.75) is 6.04 Å². The fraction of sp³-hybridized carbons (Fsp3) is 0.571. The predicted molar refractivity (Wildman–Crippen MR) is 87.3 cm³/mol. The highest BCUT2D eigenvalue weighted by Gasteiger charge is 2.23. The van der Waals surface area contributed by atoms with Gasteiger partial charge in [0.15, 0.2) is 0 Å². The zero-order valence-corrected chi connectivity index (χ0v) is 13.5. The number of piperazine rings is 1. The number of halogens is 2. The van der Waals surface area contributed by atoms with Crippen LogP contribution in [-0.2, 0) is 0 Å². The van der Waals surface area contributed by atoms with Gasteiger partial charge < -0.3 is 15.3 Å². The average molecular weight is 320 g/mol. The molecule has 0 aromatic heterocycles. The molecule has 0 unspecified atom stereocenters. The Morgan fingerprint density at radius 2 is 2.00 bits per heavy atom. The molecule has 0 saturated carbocycles. The van der Waals surface area contributed by atoms with Gasteiger partial charge in [0.25, 0.3) is 0 Å². The molecule has 1 fully saturated rings. The van der Waals surface area contributed by atoms with Crippen molar-refractivity contribution in [3.05, 3.63) is 28.8 Å².